The Labute approximate surface area is 126 Å². The lowest BCUT2D eigenvalue weighted by Gasteiger charge is -2.10. The SMILES string of the molecule is Cc1nc2c(Br)cc(Br)c(C)n2c1NCC(=O)NO. The average molecular weight is 392 g/mol. The maximum Gasteiger partial charge on any atom is 0.262 e. The first kappa shape index (κ1) is 14.3. The van der Waals surface area contributed by atoms with Crippen LogP contribution in [0.25, 0.3) is 5.65 Å². The number of aryl methyl sites for hydroxylation is 2. The van der Waals surface area contributed by atoms with Crippen molar-refractivity contribution in [3.05, 3.63) is 26.4 Å². The highest BCUT2D eigenvalue weighted by Gasteiger charge is 2.15. The van der Waals surface area contributed by atoms with Gasteiger partial charge < -0.3 is 5.32 Å². The number of pyridine rings is 1. The quantitative estimate of drug-likeness (QED) is 0.554. The fourth-order valence-electron chi connectivity index (χ4n) is 1.81. The minimum Gasteiger partial charge on any atom is -0.360 e. The Hall–Kier alpha value is -1.12. The van der Waals surface area contributed by atoms with Crippen LogP contribution in [0.2, 0.25) is 0 Å². The number of hydrogen-bond donors (Lipinski definition) is 3. The van der Waals surface area contributed by atoms with Crippen molar-refractivity contribution in [2.45, 2.75) is 13.8 Å². The van der Waals surface area contributed by atoms with Gasteiger partial charge in [-0.15, -0.1) is 0 Å². The van der Waals surface area contributed by atoms with Gasteiger partial charge in [-0.3, -0.25) is 14.4 Å². The molecule has 0 fully saturated rings. The van der Waals surface area contributed by atoms with E-state index in [4.69, 9.17) is 5.21 Å². The summed E-state index contributed by atoms with van der Waals surface area (Å²) in [5.74, 6) is 0.208. The summed E-state index contributed by atoms with van der Waals surface area (Å²) in [5, 5.41) is 11.5. The van der Waals surface area contributed by atoms with Crippen molar-refractivity contribution < 1.29 is 10.0 Å². The Kier molecular flexibility index (Phi) is 4.12. The number of hydrogen-bond acceptors (Lipinski definition) is 4. The lowest BCUT2D eigenvalue weighted by molar-refractivity contribution is -0.127. The topological polar surface area (TPSA) is 78.7 Å². The van der Waals surface area contributed by atoms with Crippen molar-refractivity contribution in [3.63, 3.8) is 0 Å². The van der Waals surface area contributed by atoms with Gasteiger partial charge >= 0.3 is 0 Å². The molecule has 2 rings (SSSR count). The van der Waals surface area contributed by atoms with Crippen molar-refractivity contribution in [2.75, 3.05) is 11.9 Å². The van der Waals surface area contributed by atoms with Crippen molar-refractivity contribution in [2.24, 2.45) is 0 Å². The molecule has 0 radical (unpaired) electrons. The molecule has 6 nitrogen and oxygen atoms in total. The lowest BCUT2D eigenvalue weighted by Crippen LogP contribution is -2.27. The summed E-state index contributed by atoms with van der Waals surface area (Å²) < 4.78 is 3.69. The fraction of sp³-hybridized carbons (Fsp3) is 0.273. The van der Waals surface area contributed by atoms with Crippen molar-refractivity contribution >= 4 is 49.2 Å². The molecule has 102 valence electrons. The lowest BCUT2D eigenvalue weighted by atomic mass is 10.3. The van der Waals surface area contributed by atoms with Gasteiger partial charge in [-0.05, 0) is 51.8 Å². The van der Waals surface area contributed by atoms with E-state index in [-0.39, 0.29) is 6.54 Å². The number of nitrogens with zero attached hydrogens (tertiary/aromatic N) is 2. The molecular weight excluding hydrogens is 380 g/mol. The first-order chi connectivity index (χ1) is 8.95. The molecule has 2 aromatic heterocycles. The summed E-state index contributed by atoms with van der Waals surface area (Å²) >= 11 is 6.94. The van der Waals surface area contributed by atoms with Gasteiger partial charge in [0, 0.05) is 10.2 Å². The molecule has 2 heterocycles. The zero-order valence-corrected chi connectivity index (χ0v) is 13.5. The summed E-state index contributed by atoms with van der Waals surface area (Å²) in [6.07, 6.45) is 0. The number of amides is 1. The van der Waals surface area contributed by atoms with Gasteiger partial charge in [-0.25, -0.2) is 10.5 Å². The number of carbonyl (C=O) groups is 1. The zero-order chi connectivity index (χ0) is 14.2. The van der Waals surface area contributed by atoms with Gasteiger partial charge in [-0.2, -0.15) is 0 Å². The maximum atomic E-state index is 11.1. The molecule has 0 saturated carbocycles. The van der Waals surface area contributed by atoms with Gasteiger partial charge in [0.15, 0.2) is 5.65 Å². The second kappa shape index (κ2) is 5.48. The van der Waals surface area contributed by atoms with Crippen LogP contribution in [0.1, 0.15) is 11.4 Å². The van der Waals surface area contributed by atoms with E-state index >= 15 is 0 Å². The van der Waals surface area contributed by atoms with E-state index in [1.54, 1.807) is 5.48 Å². The number of carbonyl (C=O) groups excluding carboxylic acids is 1. The molecule has 2 aromatic rings. The van der Waals surface area contributed by atoms with Crippen LogP contribution >= 0.6 is 31.9 Å². The number of halogens is 2. The Morgan fingerprint density at radius 2 is 2.11 bits per heavy atom. The molecule has 0 aromatic carbocycles. The molecule has 8 heteroatoms. The van der Waals surface area contributed by atoms with E-state index in [1.165, 1.54) is 0 Å². The van der Waals surface area contributed by atoms with Crippen LogP contribution in [0, 0.1) is 13.8 Å². The predicted molar refractivity (Wildman–Crippen MR) is 78.5 cm³/mol. The molecule has 0 aliphatic carbocycles. The third kappa shape index (κ3) is 2.60. The molecule has 19 heavy (non-hydrogen) atoms. The van der Waals surface area contributed by atoms with Gasteiger partial charge in [-0.1, -0.05) is 0 Å². The normalized spacial score (nSPS) is 10.8. The van der Waals surface area contributed by atoms with E-state index in [0.29, 0.717) is 0 Å². The van der Waals surface area contributed by atoms with E-state index in [2.05, 4.69) is 42.2 Å². The van der Waals surface area contributed by atoms with E-state index < -0.39 is 5.91 Å². The molecule has 1 amide bonds. The third-order valence-corrected chi connectivity index (χ3v) is 4.13. The molecule has 0 saturated heterocycles. The predicted octanol–water partition coefficient (Wildman–Crippen LogP) is 2.39. The first-order valence-corrected chi connectivity index (χ1v) is 7.04. The van der Waals surface area contributed by atoms with E-state index in [9.17, 15) is 4.79 Å². The number of anilines is 1. The standard InChI is InChI=1S/C11H12Br2N4O2/c1-5-10(14-4-9(18)16-19)17-6(2)7(12)3-8(13)11(17)15-5/h3,14,19H,4H2,1-2H3,(H,16,18). The van der Waals surface area contributed by atoms with Crippen molar-refractivity contribution in [3.8, 4) is 0 Å². The summed E-state index contributed by atoms with van der Waals surface area (Å²) in [5.41, 5.74) is 4.09. The first-order valence-electron chi connectivity index (χ1n) is 5.46. The second-order valence-electron chi connectivity index (χ2n) is 4.02. The highest BCUT2D eigenvalue weighted by Crippen LogP contribution is 2.30. The van der Waals surface area contributed by atoms with Crippen molar-refractivity contribution in [1.29, 1.82) is 0 Å². The van der Waals surface area contributed by atoms with Crippen LogP contribution in [0.3, 0.4) is 0 Å². The van der Waals surface area contributed by atoms with Gasteiger partial charge in [0.2, 0.25) is 0 Å². The van der Waals surface area contributed by atoms with Gasteiger partial charge in [0.25, 0.3) is 5.91 Å². The largest absolute Gasteiger partial charge is 0.360 e. The maximum absolute atomic E-state index is 11.1. The Morgan fingerprint density at radius 3 is 2.74 bits per heavy atom. The number of hydroxylamine groups is 1. The fourth-order valence-corrected chi connectivity index (χ4v) is 3.02. The van der Waals surface area contributed by atoms with Gasteiger partial charge in [0.05, 0.1) is 16.7 Å². The Morgan fingerprint density at radius 1 is 1.42 bits per heavy atom. The van der Waals surface area contributed by atoms with E-state index in [1.807, 2.05) is 24.3 Å². The third-order valence-electron chi connectivity index (χ3n) is 2.74. The summed E-state index contributed by atoms with van der Waals surface area (Å²) in [6, 6.07) is 1.93. The molecule has 0 unspecified atom stereocenters. The second-order valence-corrected chi connectivity index (χ2v) is 5.73. The molecule has 0 atom stereocenters. The monoisotopic (exact) mass is 390 g/mol. The van der Waals surface area contributed by atoms with Gasteiger partial charge in [0.1, 0.15) is 5.82 Å². The average Bonchev–Trinajstić information content (AvgIpc) is 2.71. The van der Waals surface area contributed by atoms with Crippen LogP contribution in [0.15, 0.2) is 15.0 Å². The van der Waals surface area contributed by atoms with Crippen molar-refractivity contribution in [1.82, 2.24) is 14.9 Å². The molecule has 0 spiro atoms. The van der Waals surface area contributed by atoms with Crippen LogP contribution in [-0.2, 0) is 4.79 Å². The zero-order valence-electron chi connectivity index (χ0n) is 10.3. The van der Waals surface area contributed by atoms with Crippen LogP contribution in [0.5, 0.6) is 0 Å². The molecule has 3 N–H and O–H groups in total. The molecule has 0 aliphatic rings. The minimum absolute atomic E-state index is 0.0330. The number of fused-ring (bicyclic) bond motifs is 1. The number of nitrogens with one attached hydrogen (secondary N) is 2. The van der Waals surface area contributed by atoms with Crippen LogP contribution in [0.4, 0.5) is 5.82 Å². The minimum atomic E-state index is -0.513. The number of rotatable bonds is 3. The molecular formula is C11H12Br2N4O2. The van der Waals surface area contributed by atoms with Crippen LogP contribution < -0.4 is 10.8 Å². The van der Waals surface area contributed by atoms with E-state index in [0.717, 1.165) is 31.8 Å². The highest BCUT2D eigenvalue weighted by atomic mass is 79.9. The number of aromatic nitrogens is 2. The smallest absolute Gasteiger partial charge is 0.262 e. The van der Waals surface area contributed by atoms with Crippen LogP contribution in [-0.4, -0.2) is 27.0 Å². The highest BCUT2D eigenvalue weighted by molar-refractivity contribution is 9.11. The Bertz CT molecular complexity index is 654. The summed E-state index contributed by atoms with van der Waals surface area (Å²) in [7, 11) is 0. The summed E-state index contributed by atoms with van der Waals surface area (Å²) in [4.78, 5) is 15.6. The molecule has 0 bridgehead atoms. The summed E-state index contributed by atoms with van der Waals surface area (Å²) in [6.45, 7) is 3.77. The molecule has 0 aliphatic heterocycles. The number of imidazole rings is 1. The Balaban J connectivity index is 2.54.